The van der Waals surface area contributed by atoms with Crippen LogP contribution in [0.1, 0.15) is 5.76 Å². The van der Waals surface area contributed by atoms with Crippen LogP contribution in [-0.2, 0) is 6.54 Å². The van der Waals surface area contributed by atoms with Gasteiger partial charge in [-0.2, -0.15) is 5.26 Å². The fourth-order valence-corrected chi connectivity index (χ4v) is 2.26. The minimum absolute atomic E-state index is 0.695. The number of nitriles is 1. The molecule has 14 heavy (non-hydrogen) atoms. The molecule has 0 radical (unpaired) electrons. The minimum Gasteiger partial charge on any atom is -0.467 e. The highest BCUT2D eigenvalue weighted by Crippen LogP contribution is 2.20. The second kappa shape index (κ2) is 4.20. The van der Waals surface area contributed by atoms with E-state index in [2.05, 4.69) is 4.99 Å². The van der Waals surface area contributed by atoms with Gasteiger partial charge in [0.15, 0.2) is 5.17 Å². The van der Waals surface area contributed by atoms with Gasteiger partial charge in [0, 0.05) is 12.3 Å². The molecule has 0 saturated carbocycles. The average Bonchev–Trinajstić information content (AvgIpc) is 2.80. The molecule has 0 spiro atoms. The molecule has 4 nitrogen and oxygen atoms in total. The Labute approximate surface area is 86.2 Å². The summed E-state index contributed by atoms with van der Waals surface area (Å²) in [6.07, 6.45) is 3.47. The number of nitrogens with zero attached hydrogens (tertiary/aromatic N) is 3. The van der Waals surface area contributed by atoms with Gasteiger partial charge in [-0.25, -0.2) is 0 Å². The van der Waals surface area contributed by atoms with E-state index >= 15 is 0 Å². The van der Waals surface area contributed by atoms with Gasteiger partial charge < -0.3 is 9.32 Å². The van der Waals surface area contributed by atoms with Crippen LogP contribution in [-0.4, -0.2) is 22.4 Å². The Balaban J connectivity index is 2.05. The summed E-state index contributed by atoms with van der Waals surface area (Å²) in [5, 5.41) is 9.26. The quantitative estimate of drug-likeness (QED) is 0.692. The van der Waals surface area contributed by atoms with Crippen LogP contribution in [0.15, 0.2) is 27.8 Å². The molecule has 0 aliphatic carbocycles. The van der Waals surface area contributed by atoms with E-state index in [9.17, 15) is 0 Å². The maximum Gasteiger partial charge on any atom is 0.208 e. The molecule has 1 aliphatic heterocycles. The van der Waals surface area contributed by atoms with Crippen molar-refractivity contribution in [2.45, 2.75) is 6.54 Å². The van der Waals surface area contributed by atoms with Crippen molar-refractivity contribution in [2.24, 2.45) is 4.99 Å². The molecule has 72 valence electrons. The van der Waals surface area contributed by atoms with Gasteiger partial charge in [-0.3, -0.25) is 0 Å². The van der Waals surface area contributed by atoms with Gasteiger partial charge in [0.25, 0.3) is 0 Å². The zero-order chi connectivity index (χ0) is 9.80. The van der Waals surface area contributed by atoms with Crippen molar-refractivity contribution < 1.29 is 4.42 Å². The third-order valence-electron chi connectivity index (χ3n) is 1.94. The summed E-state index contributed by atoms with van der Waals surface area (Å²) in [4.78, 5) is 5.80. The smallest absolute Gasteiger partial charge is 0.208 e. The lowest BCUT2D eigenvalue weighted by molar-refractivity contribution is 0.388. The largest absolute Gasteiger partial charge is 0.467 e. The molecule has 0 amide bonds. The van der Waals surface area contributed by atoms with E-state index in [1.807, 2.05) is 23.2 Å². The summed E-state index contributed by atoms with van der Waals surface area (Å²) < 4.78 is 5.23. The summed E-state index contributed by atoms with van der Waals surface area (Å²) in [6.45, 7) is 1.62. The first kappa shape index (κ1) is 9.16. The highest BCUT2D eigenvalue weighted by Gasteiger charge is 2.20. The Bertz CT molecular complexity index is 366. The monoisotopic (exact) mass is 207 g/mol. The van der Waals surface area contributed by atoms with Gasteiger partial charge >= 0.3 is 0 Å². The molecule has 0 unspecified atom stereocenters. The van der Waals surface area contributed by atoms with E-state index in [0.29, 0.717) is 6.54 Å². The highest BCUT2D eigenvalue weighted by molar-refractivity contribution is 8.14. The molecule has 0 aromatic carbocycles. The van der Waals surface area contributed by atoms with Crippen molar-refractivity contribution >= 4 is 16.9 Å². The van der Waals surface area contributed by atoms with E-state index in [-0.39, 0.29) is 0 Å². The van der Waals surface area contributed by atoms with Gasteiger partial charge in [0.1, 0.15) is 5.76 Å². The van der Waals surface area contributed by atoms with Crippen molar-refractivity contribution in [3.05, 3.63) is 24.2 Å². The van der Waals surface area contributed by atoms with Crippen molar-refractivity contribution in [1.29, 1.82) is 5.26 Å². The fraction of sp³-hybridized carbons (Fsp3) is 0.333. The number of hydrogen-bond donors (Lipinski definition) is 0. The number of furan rings is 1. The SMILES string of the molecule is N#CN=C1SCCN1Cc1ccco1. The molecular weight excluding hydrogens is 198 g/mol. The summed E-state index contributed by atoms with van der Waals surface area (Å²) in [6, 6.07) is 3.78. The van der Waals surface area contributed by atoms with Crippen LogP contribution in [0.3, 0.4) is 0 Å². The maximum atomic E-state index is 8.47. The normalized spacial score (nSPS) is 18.8. The second-order valence-corrected chi connectivity index (χ2v) is 3.91. The molecule has 1 saturated heterocycles. The summed E-state index contributed by atoms with van der Waals surface area (Å²) >= 11 is 1.61. The summed E-state index contributed by atoms with van der Waals surface area (Å²) in [7, 11) is 0. The molecule has 0 atom stereocenters. The van der Waals surface area contributed by atoms with Crippen LogP contribution in [0, 0.1) is 11.5 Å². The third-order valence-corrected chi connectivity index (χ3v) is 2.93. The topological polar surface area (TPSA) is 52.5 Å². The van der Waals surface area contributed by atoms with Gasteiger partial charge in [-0.15, -0.1) is 4.99 Å². The molecule has 2 heterocycles. The number of rotatable bonds is 2. The van der Waals surface area contributed by atoms with Crippen molar-refractivity contribution in [3.63, 3.8) is 0 Å². The van der Waals surface area contributed by atoms with E-state index in [4.69, 9.17) is 9.68 Å². The maximum absolute atomic E-state index is 8.47. The van der Waals surface area contributed by atoms with Gasteiger partial charge in [0.2, 0.25) is 6.19 Å². The van der Waals surface area contributed by atoms with E-state index < -0.39 is 0 Å². The number of aliphatic imine (C=N–C) groups is 1. The number of hydrogen-bond acceptors (Lipinski definition) is 4. The predicted octanol–water partition coefficient (Wildman–Crippen LogP) is 1.67. The fourth-order valence-electron chi connectivity index (χ4n) is 1.32. The molecule has 1 aliphatic rings. The first-order chi connectivity index (χ1) is 6.90. The lowest BCUT2D eigenvalue weighted by atomic mass is 10.4. The molecule has 2 rings (SSSR count). The van der Waals surface area contributed by atoms with E-state index in [1.54, 1.807) is 18.0 Å². The van der Waals surface area contributed by atoms with Crippen LogP contribution in [0.25, 0.3) is 0 Å². The standard InChI is InChI=1S/C9H9N3OS/c10-7-11-9-12(3-5-14-9)6-8-2-1-4-13-8/h1-2,4H,3,5-6H2. The Kier molecular flexibility index (Phi) is 2.75. The number of amidine groups is 1. The Hall–Kier alpha value is -1.41. The van der Waals surface area contributed by atoms with E-state index in [0.717, 1.165) is 23.2 Å². The molecule has 5 heteroatoms. The van der Waals surface area contributed by atoms with Gasteiger partial charge in [-0.1, -0.05) is 11.8 Å². The van der Waals surface area contributed by atoms with E-state index in [1.165, 1.54) is 0 Å². The second-order valence-electron chi connectivity index (χ2n) is 2.84. The van der Waals surface area contributed by atoms with Gasteiger partial charge in [-0.05, 0) is 12.1 Å². The lowest BCUT2D eigenvalue weighted by Gasteiger charge is -2.14. The van der Waals surface area contributed by atoms with Crippen molar-refractivity contribution in [2.75, 3.05) is 12.3 Å². The highest BCUT2D eigenvalue weighted by atomic mass is 32.2. The molecule has 1 aromatic rings. The first-order valence-electron chi connectivity index (χ1n) is 4.27. The Morgan fingerprint density at radius 3 is 3.36 bits per heavy atom. The van der Waals surface area contributed by atoms with Crippen LogP contribution in [0.2, 0.25) is 0 Å². The zero-order valence-corrected chi connectivity index (χ0v) is 8.33. The van der Waals surface area contributed by atoms with Crippen LogP contribution in [0.5, 0.6) is 0 Å². The Morgan fingerprint density at radius 1 is 1.71 bits per heavy atom. The average molecular weight is 207 g/mol. The summed E-state index contributed by atoms with van der Waals surface area (Å²) in [5.74, 6) is 1.89. The first-order valence-corrected chi connectivity index (χ1v) is 5.25. The van der Waals surface area contributed by atoms with Crippen LogP contribution < -0.4 is 0 Å². The third kappa shape index (κ3) is 1.91. The molecular formula is C9H9N3OS. The zero-order valence-electron chi connectivity index (χ0n) is 7.51. The molecule has 1 fully saturated rings. The molecule has 1 aromatic heterocycles. The van der Waals surface area contributed by atoms with Crippen LogP contribution in [0.4, 0.5) is 0 Å². The molecule has 0 bridgehead atoms. The molecule has 0 N–H and O–H groups in total. The van der Waals surface area contributed by atoms with Gasteiger partial charge in [0.05, 0.1) is 12.8 Å². The number of thioether (sulfide) groups is 1. The summed E-state index contributed by atoms with van der Waals surface area (Å²) in [5.41, 5.74) is 0. The lowest BCUT2D eigenvalue weighted by Crippen LogP contribution is -2.23. The van der Waals surface area contributed by atoms with Crippen molar-refractivity contribution in [1.82, 2.24) is 4.90 Å². The minimum atomic E-state index is 0.695. The predicted molar refractivity (Wildman–Crippen MR) is 54.6 cm³/mol. The Morgan fingerprint density at radius 2 is 2.64 bits per heavy atom. The van der Waals surface area contributed by atoms with Crippen LogP contribution >= 0.6 is 11.8 Å². The van der Waals surface area contributed by atoms with Crippen molar-refractivity contribution in [3.8, 4) is 6.19 Å².